The fourth-order valence-corrected chi connectivity index (χ4v) is 1.40. The van der Waals surface area contributed by atoms with Gasteiger partial charge >= 0.3 is 0 Å². The lowest BCUT2D eigenvalue weighted by Gasteiger charge is -2.18. The molecule has 0 aliphatic rings. The van der Waals surface area contributed by atoms with Gasteiger partial charge in [0.05, 0.1) is 22.9 Å². The van der Waals surface area contributed by atoms with Crippen molar-refractivity contribution in [2.45, 2.75) is 39.9 Å². The highest BCUT2D eigenvalue weighted by atomic mass is 35.5. The van der Waals surface area contributed by atoms with Gasteiger partial charge in [0.2, 0.25) is 0 Å². The highest BCUT2D eigenvalue weighted by Crippen LogP contribution is 2.36. The lowest BCUT2D eigenvalue weighted by atomic mass is 10.2. The summed E-state index contributed by atoms with van der Waals surface area (Å²) in [5.41, 5.74) is 6.22. The van der Waals surface area contributed by atoms with E-state index in [4.69, 9.17) is 26.8 Å². The molecule has 0 fully saturated rings. The van der Waals surface area contributed by atoms with E-state index in [2.05, 4.69) is 0 Å². The quantitative estimate of drug-likeness (QED) is 0.824. The molecule has 0 aliphatic heterocycles. The first-order chi connectivity index (χ1) is 7.40. The highest BCUT2D eigenvalue weighted by Gasteiger charge is 2.12. The molecule has 0 spiro atoms. The largest absolute Gasteiger partial charge is 0.487 e. The molecular weight excluding hydrogens is 226 g/mol. The Hall–Kier alpha value is -1.09. The molecule has 0 amide bonds. The van der Waals surface area contributed by atoms with E-state index in [0.717, 1.165) is 0 Å². The van der Waals surface area contributed by atoms with Gasteiger partial charge in [-0.15, -0.1) is 0 Å². The van der Waals surface area contributed by atoms with Crippen molar-refractivity contribution in [3.05, 3.63) is 17.2 Å². The van der Waals surface area contributed by atoms with Gasteiger partial charge in [-0.2, -0.15) is 0 Å². The molecule has 4 heteroatoms. The van der Waals surface area contributed by atoms with Crippen molar-refractivity contribution in [1.29, 1.82) is 0 Å². The number of halogens is 1. The van der Waals surface area contributed by atoms with Crippen LogP contribution in [0.25, 0.3) is 0 Å². The monoisotopic (exact) mass is 243 g/mol. The van der Waals surface area contributed by atoms with Crippen LogP contribution in [0.5, 0.6) is 11.5 Å². The van der Waals surface area contributed by atoms with Gasteiger partial charge in [0, 0.05) is 12.1 Å². The minimum absolute atomic E-state index is 0.0641. The predicted octanol–water partition coefficient (Wildman–Crippen LogP) is 3.50. The van der Waals surface area contributed by atoms with E-state index in [9.17, 15) is 0 Å². The minimum Gasteiger partial charge on any atom is -0.487 e. The molecule has 0 saturated heterocycles. The summed E-state index contributed by atoms with van der Waals surface area (Å²) in [5.74, 6) is 1.26. The summed E-state index contributed by atoms with van der Waals surface area (Å²) < 4.78 is 11.2. The fourth-order valence-electron chi connectivity index (χ4n) is 1.24. The Bertz CT molecular complexity index is 329. The molecule has 0 atom stereocenters. The van der Waals surface area contributed by atoms with Crippen LogP contribution in [-0.2, 0) is 0 Å². The molecule has 0 saturated carbocycles. The van der Waals surface area contributed by atoms with Gasteiger partial charge in [0.25, 0.3) is 0 Å². The second-order valence-electron chi connectivity index (χ2n) is 4.15. The molecule has 1 aromatic rings. The lowest BCUT2D eigenvalue weighted by molar-refractivity contribution is 0.199. The molecule has 1 aromatic carbocycles. The molecule has 0 radical (unpaired) electrons. The number of nitrogens with two attached hydrogens (primary N) is 1. The summed E-state index contributed by atoms with van der Waals surface area (Å²) >= 11 is 5.95. The highest BCUT2D eigenvalue weighted by molar-refractivity contribution is 6.33. The maximum atomic E-state index is 5.95. The van der Waals surface area contributed by atoms with Crippen molar-refractivity contribution in [2.75, 3.05) is 5.73 Å². The second-order valence-corrected chi connectivity index (χ2v) is 4.56. The van der Waals surface area contributed by atoms with Gasteiger partial charge in [-0.3, -0.25) is 0 Å². The molecule has 0 heterocycles. The normalized spacial score (nSPS) is 10.9. The van der Waals surface area contributed by atoms with Crippen LogP contribution in [0.1, 0.15) is 27.7 Å². The Morgan fingerprint density at radius 1 is 1.00 bits per heavy atom. The molecule has 3 nitrogen and oxygen atoms in total. The number of nitrogen functional groups attached to an aromatic ring is 1. The van der Waals surface area contributed by atoms with E-state index in [1.54, 1.807) is 12.1 Å². The number of hydrogen-bond donors (Lipinski definition) is 1. The smallest absolute Gasteiger partial charge is 0.163 e. The first-order valence-corrected chi connectivity index (χ1v) is 5.70. The summed E-state index contributed by atoms with van der Waals surface area (Å²) in [6.45, 7) is 7.79. The van der Waals surface area contributed by atoms with E-state index in [-0.39, 0.29) is 12.2 Å². The van der Waals surface area contributed by atoms with E-state index in [1.807, 2.05) is 27.7 Å². The maximum Gasteiger partial charge on any atom is 0.163 e. The Morgan fingerprint density at radius 3 is 1.88 bits per heavy atom. The summed E-state index contributed by atoms with van der Waals surface area (Å²) in [5, 5.41) is 0.478. The first-order valence-electron chi connectivity index (χ1n) is 5.32. The standard InChI is InChI=1S/C12H18ClNO2/c1-7(2)15-11-5-9(13)10(14)6-12(11)16-8(3)4/h5-8H,14H2,1-4H3. The van der Waals surface area contributed by atoms with Gasteiger partial charge in [0.15, 0.2) is 11.5 Å². The van der Waals surface area contributed by atoms with Crippen molar-refractivity contribution in [1.82, 2.24) is 0 Å². The Balaban J connectivity index is 3.06. The van der Waals surface area contributed by atoms with Gasteiger partial charge in [0.1, 0.15) is 0 Å². The van der Waals surface area contributed by atoms with Crippen LogP contribution >= 0.6 is 11.6 Å². The third-order valence-corrected chi connectivity index (χ3v) is 2.12. The van der Waals surface area contributed by atoms with E-state index in [1.165, 1.54) is 0 Å². The van der Waals surface area contributed by atoms with Gasteiger partial charge < -0.3 is 15.2 Å². The summed E-state index contributed by atoms with van der Waals surface area (Å²) in [6, 6.07) is 3.38. The third kappa shape index (κ3) is 3.49. The maximum absolute atomic E-state index is 5.95. The van der Waals surface area contributed by atoms with Crippen molar-refractivity contribution in [3.8, 4) is 11.5 Å². The number of rotatable bonds is 4. The molecule has 16 heavy (non-hydrogen) atoms. The average Bonchev–Trinajstić information content (AvgIpc) is 2.11. The number of benzene rings is 1. The van der Waals surface area contributed by atoms with E-state index >= 15 is 0 Å². The first kappa shape index (κ1) is 13.0. The summed E-state index contributed by atoms with van der Waals surface area (Å²) in [4.78, 5) is 0. The number of anilines is 1. The van der Waals surface area contributed by atoms with Crippen LogP contribution in [0.15, 0.2) is 12.1 Å². The van der Waals surface area contributed by atoms with Gasteiger partial charge in [-0.05, 0) is 27.7 Å². The molecule has 2 N–H and O–H groups in total. The molecule has 1 rings (SSSR count). The Morgan fingerprint density at radius 2 is 1.44 bits per heavy atom. The topological polar surface area (TPSA) is 44.5 Å². The average molecular weight is 244 g/mol. The molecular formula is C12H18ClNO2. The number of ether oxygens (including phenoxy) is 2. The molecule has 90 valence electrons. The van der Waals surface area contributed by atoms with Crippen LogP contribution in [0.4, 0.5) is 5.69 Å². The fraction of sp³-hybridized carbons (Fsp3) is 0.500. The molecule has 0 aromatic heterocycles. The van der Waals surface area contributed by atoms with Gasteiger partial charge in [-0.1, -0.05) is 11.6 Å². The summed E-state index contributed by atoms with van der Waals surface area (Å²) in [7, 11) is 0. The van der Waals surface area contributed by atoms with E-state index < -0.39 is 0 Å². The SMILES string of the molecule is CC(C)Oc1cc(N)c(Cl)cc1OC(C)C. The lowest BCUT2D eigenvalue weighted by Crippen LogP contribution is -2.11. The summed E-state index contributed by atoms with van der Waals surface area (Å²) in [6.07, 6.45) is 0.129. The zero-order valence-electron chi connectivity index (χ0n) is 10.1. The second kappa shape index (κ2) is 5.30. The van der Waals surface area contributed by atoms with Crippen LogP contribution in [0.2, 0.25) is 5.02 Å². The Labute approximate surface area is 101 Å². The predicted molar refractivity (Wildman–Crippen MR) is 67.4 cm³/mol. The van der Waals surface area contributed by atoms with Crippen LogP contribution in [-0.4, -0.2) is 12.2 Å². The van der Waals surface area contributed by atoms with Gasteiger partial charge in [-0.25, -0.2) is 0 Å². The Kier molecular flexibility index (Phi) is 4.30. The van der Waals surface area contributed by atoms with Crippen LogP contribution in [0.3, 0.4) is 0 Å². The minimum atomic E-state index is 0.0641. The van der Waals surface area contributed by atoms with Crippen LogP contribution in [0, 0.1) is 0 Å². The zero-order valence-corrected chi connectivity index (χ0v) is 10.8. The molecule has 0 unspecified atom stereocenters. The van der Waals surface area contributed by atoms with Crippen LogP contribution < -0.4 is 15.2 Å². The van der Waals surface area contributed by atoms with Crippen molar-refractivity contribution < 1.29 is 9.47 Å². The van der Waals surface area contributed by atoms with E-state index in [0.29, 0.717) is 22.2 Å². The zero-order chi connectivity index (χ0) is 12.3. The third-order valence-electron chi connectivity index (χ3n) is 1.79. The number of hydrogen-bond acceptors (Lipinski definition) is 3. The van der Waals surface area contributed by atoms with Crippen molar-refractivity contribution >= 4 is 17.3 Å². The van der Waals surface area contributed by atoms with Crippen molar-refractivity contribution in [3.63, 3.8) is 0 Å². The molecule has 0 aliphatic carbocycles. The van der Waals surface area contributed by atoms with Crippen molar-refractivity contribution in [2.24, 2.45) is 0 Å². The molecule has 0 bridgehead atoms.